The molecule has 6 heteroatoms. The number of Topliss-reactive ketones (excluding diaryl/α,β-unsaturated/α-hetero) is 1. The first-order valence-corrected chi connectivity index (χ1v) is 12.6. The maximum absolute atomic E-state index is 13.5. The first-order chi connectivity index (χ1) is 17.1. The highest BCUT2D eigenvalue weighted by Gasteiger charge is 2.25. The summed E-state index contributed by atoms with van der Waals surface area (Å²) in [4.78, 5) is 32.1. The molecule has 2 aliphatic heterocycles. The van der Waals surface area contributed by atoms with Gasteiger partial charge in [-0.05, 0) is 50.0 Å². The number of nitrogens with zero attached hydrogens (tertiary/aromatic N) is 3. The highest BCUT2D eigenvalue weighted by Crippen LogP contribution is 2.36. The third-order valence-corrected chi connectivity index (χ3v) is 7.47. The maximum Gasteiger partial charge on any atom is 0.331 e. The summed E-state index contributed by atoms with van der Waals surface area (Å²) in [5.41, 5.74) is 5.97. The van der Waals surface area contributed by atoms with Crippen LogP contribution in [0.3, 0.4) is 0 Å². The molecule has 0 saturated carbocycles. The van der Waals surface area contributed by atoms with Crippen LogP contribution in [0.4, 0.5) is 0 Å². The number of carbonyl (C=O) groups excluding carboxylic acids is 2. The fourth-order valence-electron chi connectivity index (χ4n) is 5.75. The largest absolute Gasteiger partial charge is 0.372 e. The van der Waals surface area contributed by atoms with Gasteiger partial charge in [0.05, 0.1) is 11.2 Å². The molecule has 0 spiro atoms. The molecule has 0 bridgehead atoms. The molecule has 1 aromatic heterocycles. The number of allylic oxidation sites excluding steroid dienone is 3. The number of aryl methyl sites for hydroxylation is 1. The van der Waals surface area contributed by atoms with Crippen molar-refractivity contribution in [3.63, 3.8) is 0 Å². The summed E-state index contributed by atoms with van der Waals surface area (Å²) in [7, 11) is 0. The summed E-state index contributed by atoms with van der Waals surface area (Å²) in [5, 5.41) is 6.27. The Bertz CT molecular complexity index is 1440. The van der Waals surface area contributed by atoms with Crippen LogP contribution in [0.2, 0.25) is 0 Å². The van der Waals surface area contributed by atoms with Crippen molar-refractivity contribution in [1.82, 2.24) is 9.47 Å². The van der Waals surface area contributed by atoms with Crippen LogP contribution in [-0.2, 0) is 16.2 Å². The SMILES string of the molecule is CC(=O)O/N=C1\CCn2c3ccc(C(=O)C4C=CC(N5CCCCC5)=CC4)cc3c3cccc1c32. The first kappa shape index (κ1) is 21.8. The van der Waals surface area contributed by atoms with Crippen LogP contribution in [0.1, 0.15) is 54.9 Å². The van der Waals surface area contributed by atoms with Gasteiger partial charge in [0.2, 0.25) is 0 Å². The Balaban J connectivity index is 1.32. The number of piperidine rings is 1. The summed E-state index contributed by atoms with van der Waals surface area (Å²) in [6, 6.07) is 12.2. The number of benzene rings is 2. The highest BCUT2D eigenvalue weighted by molar-refractivity contribution is 6.19. The molecular weight excluding hydrogens is 438 g/mol. The molecule has 1 saturated heterocycles. The number of fused-ring (bicyclic) bond motifs is 3. The quantitative estimate of drug-likeness (QED) is 0.285. The van der Waals surface area contributed by atoms with Gasteiger partial charge in [-0.15, -0.1) is 0 Å². The predicted molar refractivity (Wildman–Crippen MR) is 137 cm³/mol. The molecule has 3 aliphatic rings. The monoisotopic (exact) mass is 467 g/mol. The zero-order valence-corrected chi connectivity index (χ0v) is 20.0. The van der Waals surface area contributed by atoms with E-state index in [1.54, 1.807) is 0 Å². The van der Waals surface area contributed by atoms with Crippen LogP contribution in [0.15, 0.2) is 65.5 Å². The van der Waals surface area contributed by atoms with E-state index in [-0.39, 0.29) is 11.7 Å². The minimum Gasteiger partial charge on any atom is -0.372 e. The lowest BCUT2D eigenvalue weighted by Gasteiger charge is -2.31. The van der Waals surface area contributed by atoms with E-state index in [1.165, 1.54) is 31.9 Å². The van der Waals surface area contributed by atoms with Gasteiger partial charge in [-0.3, -0.25) is 4.79 Å². The lowest BCUT2D eigenvalue weighted by molar-refractivity contribution is -0.140. The molecule has 6 nitrogen and oxygen atoms in total. The van der Waals surface area contributed by atoms with E-state index in [4.69, 9.17) is 4.84 Å². The third kappa shape index (κ3) is 3.87. The van der Waals surface area contributed by atoms with Crippen molar-refractivity contribution in [2.75, 3.05) is 13.1 Å². The van der Waals surface area contributed by atoms with Crippen molar-refractivity contribution < 1.29 is 14.4 Å². The molecule has 0 amide bonds. The summed E-state index contributed by atoms with van der Waals surface area (Å²) in [5.74, 6) is -0.377. The van der Waals surface area contributed by atoms with Crippen molar-refractivity contribution in [3.05, 3.63) is 71.5 Å². The Morgan fingerprint density at radius 1 is 1.03 bits per heavy atom. The number of hydrogen-bond donors (Lipinski definition) is 0. The smallest absolute Gasteiger partial charge is 0.331 e. The average Bonchev–Trinajstić information content (AvgIpc) is 3.23. The number of oxime groups is 1. The zero-order valence-electron chi connectivity index (χ0n) is 20.0. The average molecular weight is 468 g/mol. The molecule has 1 unspecified atom stereocenters. The van der Waals surface area contributed by atoms with Crippen molar-refractivity contribution in [2.45, 2.75) is 45.6 Å². The van der Waals surface area contributed by atoms with Crippen LogP contribution in [0.25, 0.3) is 21.8 Å². The summed E-state index contributed by atoms with van der Waals surface area (Å²) < 4.78 is 2.29. The molecule has 178 valence electrons. The molecule has 3 heterocycles. The molecule has 1 aliphatic carbocycles. The minimum atomic E-state index is -0.423. The molecule has 1 atom stereocenters. The topological polar surface area (TPSA) is 63.9 Å². The Morgan fingerprint density at radius 2 is 1.89 bits per heavy atom. The second kappa shape index (κ2) is 8.84. The van der Waals surface area contributed by atoms with Gasteiger partial charge in [0.25, 0.3) is 0 Å². The maximum atomic E-state index is 13.5. The van der Waals surface area contributed by atoms with E-state index in [0.717, 1.165) is 64.7 Å². The van der Waals surface area contributed by atoms with Crippen molar-refractivity contribution in [2.24, 2.45) is 11.1 Å². The molecule has 3 aromatic rings. The van der Waals surface area contributed by atoms with E-state index in [9.17, 15) is 9.59 Å². The van der Waals surface area contributed by atoms with E-state index in [2.05, 4.69) is 45.0 Å². The molecule has 35 heavy (non-hydrogen) atoms. The van der Waals surface area contributed by atoms with E-state index in [0.29, 0.717) is 6.42 Å². The fraction of sp³-hybridized carbons (Fsp3) is 0.345. The third-order valence-electron chi connectivity index (χ3n) is 7.47. The molecule has 0 radical (unpaired) electrons. The predicted octanol–water partition coefficient (Wildman–Crippen LogP) is 5.59. The van der Waals surface area contributed by atoms with Crippen molar-refractivity contribution >= 4 is 39.3 Å². The number of rotatable bonds is 4. The van der Waals surface area contributed by atoms with E-state index >= 15 is 0 Å². The van der Waals surface area contributed by atoms with Gasteiger partial charge in [0.15, 0.2) is 5.78 Å². The lowest BCUT2D eigenvalue weighted by Crippen LogP contribution is -2.29. The van der Waals surface area contributed by atoms with Crippen molar-refractivity contribution in [3.8, 4) is 0 Å². The van der Waals surface area contributed by atoms with Crippen molar-refractivity contribution in [1.29, 1.82) is 0 Å². The minimum absolute atomic E-state index is 0.122. The van der Waals surface area contributed by atoms with Gasteiger partial charge < -0.3 is 14.3 Å². The summed E-state index contributed by atoms with van der Waals surface area (Å²) in [6.45, 7) is 4.34. The molecule has 6 rings (SSSR count). The van der Waals surface area contributed by atoms with E-state index < -0.39 is 5.97 Å². The second-order valence-corrected chi connectivity index (χ2v) is 9.70. The lowest BCUT2D eigenvalue weighted by atomic mass is 9.90. The molecule has 2 aromatic carbocycles. The van der Waals surface area contributed by atoms with Gasteiger partial charge >= 0.3 is 5.97 Å². The number of para-hydroxylation sites is 1. The summed E-state index contributed by atoms with van der Waals surface area (Å²) >= 11 is 0. The Kier molecular flexibility index (Phi) is 5.51. The Labute approximate surface area is 204 Å². The van der Waals surface area contributed by atoms with Crippen LogP contribution >= 0.6 is 0 Å². The second-order valence-electron chi connectivity index (χ2n) is 9.70. The van der Waals surface area contributed by atoms with Gasteiger partial charge in [-0.1, -0.05) is 35.5 Å². The standard InChI is InChI=1S/C29H29N3O3/c1-19(33)35-30-26-14-17-32-27-13-10-21(18-25(27)23-6-5-7-24(26)28(23)32)29(34)20-8-11-22(12-9-20)31-15-3-2-4-16-31/h5-8,10-13,18,20H,2-4,9,14-17H2,1H3/b30-26+. The first-order valence-electron chi connectivity index (χ1n) is 12.6. The van der Waals surface area contributed by atoms with Crippen LogP contribution in [-0.4, -0.2) is 40.0 Å². The normalized spacial score (nSPS) is 20.9. The van der Waals surface area contributed by atoms with Crippen LogP contribution < -0.4 is 0 Å². The molecule has 0 N–H and O–H groups in total. The number of hydrogen-bond acceptors (Lipinski definition) is 5. The van der Waals surface area contributed by atoms with Gasteiger partial charge in [0.1, 0.15) is 0 Å². The molecule has 1 fully saturated rings. The Morgan fingerprint density at radius 3 is 2.66 bits per heavy atom. The number of ketones is 1. The summed E-state index contributed by atoms with van der Waals surface area (Å²) in [6.07, 6.45) is 11.7. The molecular formula is C29H29N3O3. The van der Waals surface area contributed by atoms with Gasteiger partial charge in [-0.2, -0.15) is 0 Å². The van der Waals surface area contributed by atoms with Gasteiger partial charge in [-0.25, -0.2) is 4.79 Å². The zero-order chi connectivity index (χ0) is 23.9. The Hall–Kier alpha value is -3.67. The van der Waals surface area contributed by atoms with Crippen LogP contribution in [0.5, 0.6) is 0 Å². The number of carbonyl (C=O) groups is 2. The van der Waals surface area contributed by atoms with Crippen LogP contribution in [0, 0.1) is 5.92 Å². The fourth-order valence-corrected chi connectivity index (χ4v) is 5.75. The van der Waals surface area contributed by atoms with E-state index in [1.807, 2.05) is 24.3 Å². The highest BCUT2D eigenvalue weighted by atomic mass is 16.7. The number of likely N-dealkylation sites (tertiary alicyclic amines) is 1. The van der Waals surface area contributed by atoms with Gasteiger partial charge in [0, 0.05) is 72.0 Å². The number of aromatic nitrogens is 1.